The standard InChI is InChI=1S/C26H33ClN2O5S/c1-5-13-28(17-9-7-16(27)8-10-17)23(32)21-26-12-11-25(4,35-26)20(24(33)34)19(26)22(31)29(21)18(14-30)15(3)6-2/h5,7-10,15,18-21,30H,1,6,11-14H2,2-4H3,(H,33,34)/t15-,18-,19-,20+,21?,25-,26?/m0/s1. The van der Waals surface area contributed by atoms with E-state index in [1.165, 1.54) is 11.8 Å². The molecular weight excluding hydrogens is 488 g/mol. The van der Waals surface area contributed by atoms with Crippen LogP contribution in [0.1, 0.15) is 40.0 Å². The zero-order valence-corrected chi connectivity index (χ0v) is 21.9. The largest absolute Gasteiger partial charge is 0.481 e. The summed E-state index contributed by atoms with van der Waals surface area (Å²) < 4.78 is -1.48. The quantitative estimate of drug-likeness (QED) is 0.480. The van der Waals surface area contributed by atoms with Gasteiger partial charge < -0.3 is 20.0 Å². The summed E-state index contributed by atoms with van der Waals surface area (Å²) in [4.78, 5) is 44.0. The van der Waals surface area contributed by atoms with Crippen molar-refractivity contribution in [3.8, 4) is 0 Å². The summed E-state index contributed by atoms with van der Waals surface area (Å²) in [6, 6.07) is 5.42. The van der Waals surface area contributed by atoms with E-state index in [1.807, 2.05) is 20.8 Å². The summed E-state index contributed by atoms with van der Waals surface area (Å²) in [5.41, 5.74) is 0.620. The molecule has 0 aliphatic carbocycles. The first-order chi connectivity index (χ1) is 16.6. The van der Waals surface area contributed by atoms with Crippen molar-refractivity contribution in [2.75, 3.05) is 18.1 Å². The van der Waals surface area contributed by atoms with Crippen LogP contribution < -0.4 is 4.90 Å². The van der Waals surface area contributed by atoms with Crippen molar-refractivity contribution in [1.29, 1.82) is 0 Å². The number of carboxylic acids is 1. The van der Waals surface area contributed by atoms with Gasteiger partial charge >= 0.3 is 5.97 Å². The number of amides is 2. The van der Waals surface area contributed by atoms with Crippen molar-refractivity contribution in [3.05, 3.63) is 41.9 Å². The number of hydrogen-bond donors (Lipinski definition) is 2. The third-order valence-corrected chi connectivity index (χ3v) is 10.5. The number of rotatable bonds is 9. The van der Waals surface area contributed by atoms with Crippen molar-refractivity contribution in [3.63, 3.8) is 0 Å². The number of nitrogens with zero attached hydrogens (tertiary/aromatic N) is 2. The van der Waals surface area contributed by atoms with E-state index >= 15 is 0 Å². The van der Waals surface area contributed by atoms with E-state index in [0.29, 0.717) is 30.0 Å². The zero-order chi connectivity index (χ0) is 25.7. The second-order valence-corrected chi connectivity index (χ2v) is 12.5. The molecule has 7 nitrogen and oxygen atoms in total. The predicted octanol–water partition coefficient (Wildman–Crippen LogP) is 3.83. The van der Waals surface area contributed by atoms with Crippen LogP contribution in [-0.2, 0) is 14.4 Å². The molecule has 0 aromatic heterocycles. The molecule has 1 spiro atoms. The van der Waals surface area contributed by atoms with Crippen molar-refractivity contribution >= 4 is 46.8 Å². The minimum atomic E-state index is -1.00. The molecule has 2 N–H and O–H groups in total. The van der Waals surface area contributed by atoms with Crippen LogP contribution in [0, 0.1) is 17.8 Å². The van der Waals surface area contributed by atoms with E-state index in [-0.39, 0.29) is 30.9 Å². The Kier molecular flexibility index (Phi) is 7.03. The van der Waals surface area contributed by atoms with Crippen molar-refractivity contribution in [2.24, 2.45) is 17.8 Å². The maximum Gasteiger partial charge on any atom is 0.308 e. The lowest BCUT2D eigenvalue weighted by Gasteiger charge is -2.41. The smallest absolute Gasteiger partial charge is 0.308 e. The molecule has 0 saturated carbocycles. The molecule has 3 heterocycles. The normalized spacial score (nSPS) is 32.9. The minimum absolute atomic E-state index is 0.0704. The van der Waals surface area contributed by atoms with Crippen LogP contribution in [0.3, 0.4) is 0 Å². The second kappa shape index (κ2) is 9.45. The first-order valence-corrected chi connectivity index (χ1v) is 13.3. The molecule has 4 rings (SSSR count). The Balaban J connectivity index is 1.87. The lowest BCUT2D eigenvalue weighted by Crippen LogP contribution is -2.58. The molecule has 35 heavy (non-hydrogen) atoms. The number of aliphatic hydroxyl groups is 1. The fraction of sp³-hybridized carbons (Fsp3) is 0.577. The van der Waals surface area contributed by atoms with Gasteiger partial charge in [-0.25, -0.2) is 0 Å². The first-order valence-electron chi connectivity index (χ1n) is 12.1. The zero-order valence-electron chi connectivity index (χ0n) is 20.3. The van der Waals surface area contributed by atoms with Gasteiger partial charge in [-0.1, -0.05) is 37.9 Å². The van der Waals surface area contributed by atoms with E-state index in [0.717, 1.165) is 0 Å². The Morgan fingerprint density at radius 1 is 1.34 bits per heavy atom. The molecule has 3 fully saturated rings. The van der Waals surface area contributed by atoms with Gasteiger partial charge in [-0.15, -0.1) is 18.3 Å². The molecule has 1 aromatic carbocycles. The number of thioether (sulfide) groups is 1. The monoisotopic (exact) mass is 520 g/mol. The fourth-order valence-corrected chi connectivity index (χ4v) is 8.87. The lowest BCUT2D eigenvalue weighted by atomic mass is 9.66. The molecule has 3 aliphatic heterocycles. The summed E-state index contributed by atoms with van der Waals surface area (Å²) in [6.45, 7) is 9.56. The van der Waals surface area contributed by atoms with Crippen LogP contribution in [0.25, 0.3) is 0 Å². The Labute approximate surface area is 215 Å². The summed E-state index contributed by atoms with van der Waals surface area (Å²) in [5, 5.41) is 21.1. The molecule has 2 amide bonds. The molecule has 3 saturated heterocycles. The SMILES string of the molecule is C=CCN(C(=O)C1N([C@@H](CO)[C@@H](C)CC)C(=O)[C@@H]2[C@H](C(=O)O)[C@]3(C)CCC12S3)c1ccc(Cl)cc1. The molecule has 2 bridgehead atoms. The van der Waals surface area contributed by atoms with Gasteiger partial charge in [-0.2, -0.15) is 0 Å². The molecule has 0 radical (unpaired) electrons. The third-order valence-electron chi connectivity index (χ3n) is 8.28. The van der Waals surface area contributed by atoms with E-state index < -0.39 is 39.4 Å². The first kappa shape index (κ1) is 26.0. The van der Waals surface area contributed by atoms with Gasteiger partial charge in [0.1, 0.15) is 6.04 Å². The number of likely N-dealkylation sites (tertiary alicyclic amines) is 1. The number of hydrogen-bond acceptors (Lipinski definition) is 5. The van der Waals surface area contributed by atoms with Crippen molar-refractivity contribution in [1.82, 2.24) is 4.90 Å². The third kappa shape index (κ3) is 3.89. The van der Waals surface area contributed by atoms with Gasteiger partial charge in [0.05, 0.1) is 29.2 Å². The Morgan fingerprint density at radius 2 is 2.00 bits per heavy atom. The van der Waals surface area contributed by atoms with Crippen LogP contribution in [0.4, 0.5) is 5.69 Å². The molecule has 2 unspecified atom stereocenters. The van der Waals surface area contributed by atoms with E-state index in [4.69, 9.17) is 11.6 Å². The van der Waals surface area contributed by atoms with E-state index in [2.05, 4.69) is 6.58 Å². The topological polar surface area (TPSA) is 98.2 Å². The Bertz CT molecular complexity index is 1040. The number of carbonyl (C=O) groups excluding carboxylic acids is 2. The number of carbonyl (C=O) groups is 3. The number of benzene rings is 1. The number of anilines is 1. The molecule has 1 aromatic rings. The fourth-order valence-electron chi connectivity index (χ4n) is 6.41. The average Bonchev–Trinajstić information content (AvgIpc) is 3.39. The minimum Gasteiger partial charge on any atom is -0.481 e. The summed E-state index contributed by atoms with van der Waals surface area (Å²) in [7, 11) is 0. The van der Waals surface area contributed by atoms with Crippen molar-refractivity contribution < 1.29 is 24.6 Å². The van der Waals surface area contributed by atoms with E-state index in [9.17, 15) is 24.6 Å². The van der Waals surface area contributed by atoms with E-state index in [1.54, 1.807) is 40.1 Å². The number of aliphatic carboxylic acids is 1. The second-order valence-electron chi connectivity index (χ2n) is 10.2. The van der Waals surface area contributed by atoms with Gasteiger partial charge in [-0.05, 0) is 49.9 Å². The predicted molar refractivity (Wildman–Crippen MR) is 138 cm³/mol. The summed E-state index contributed by atoms with van der Waals surface area (Å²) in [5.74, 6) is -3.38. The van der Waals surface area contributed by atoms with Crippen LogP contribution >= 0.6 is 23.4 Å². The molecule has 9 heteroatoms. The van der Waals surface area contributed by atoms with Gasteiger partial charge in [-0.3, -0.25) is 14.4 Å². The number of halogens is 1. The van der Waals surface area contributed by atoms with Gasteiger partial charge in [0.15, 0.2) is 0 Å². The molecule has 7 atom stereocenters. The summed E-state index contributed by atoms with van der Waals surface area (Å²) in [6.07, 6.45) is 3.52. The highest BCUT2D eigenvalue weighted by molar-refractivity contribution is 8.02. The van der Waals surface area contributed by atoms with Crippen LogP contribution in [0.15, 0.2) is 36.9 Å². The highest BCUT2D eigenvalue weighted by Crippen LogP contribution is 2.71. The maximum atomic E-state index is 14.4. The highest BCUT2D eigenvalue weighted by Gasteiger charge is 2.78. The highest BCUT2D eigenvalue weighted by atomic mass is 35.5. The molecule has 190 valence electrons. The molecular formula is C26H33ClN2O5S. The summed E-state index contributed by atoms with van der Waals surface area (Å²) >= 11 is 7.57. The average molecular weight is 521 g/mol. The van der Waals surface area contributed by atoms with Crippen LogP contribution in [0.5, 0.6) is 0 Å². The number of fused-ring (bicyclic) bond motifs is 1. The van der Waals surface area contributed by atoms with Gasteiger partial charge in [0.25, 0.3) is 5.91 Å². The number of carboxylic acid groups (broad SMARTS) is 1. The Hall–Kier alpha value is -2.03. The van der Waals surface area contributed by atoms with Gasteiger partial charge in [0.2, 0.25) is 5.91 Å². The Morgan fingerprint density at radius 3 is 2.54 bits per heavy atom. The van der Waals surface area contributed by atoms with Gasteiger partial charge in [0, 0.05) is 22.0 Å². The number of aliphatic hydroxyl groups excluding tert-OH is 1. The van der Waals surface area contributed by atoms with Crippen molar-refractivity contribution in [2.45, 2.75) is 61.6 Å². The molecule has 3 aliphatic rings. The van der Waals surface area contributed by atoms with Crippen LogP contribution in [0.2, 0.25) is 5.02 Å². The van der Waals surface area contributed by atoms with Crippen LogP contribution in [-0.4, -0.2) is 67.6 Å². The maximum absolute atomic E-state index is 14.4. The lowest BCUT2D eigenvalue weighted by molar-refractivity contribution is -0.151.